The van der Waals surface area contributed by atoms with E-state index in [0.29, 0.717) is 10.9 Å². The number of aliphatic hydroxyl groups excluding tert-OH is 1. The normalized spacial score (nSPS) is 12.6. The number of hydrogen-bond acceptors (Lipinski definition) is 4. The van der Waals surface area contributed by atoms with Gasteiger partial charge in [-0.2, -0.15) is 5.10 Å². The van der Waals surface area contributed by atoms with E-state index in [-0.39, 0.29) is 30.3 Å². The van der Waals surface area contributed by atoms with E-state index in [0.717, 1.165) is 0 Å². The first-order chi connectivity index (χ1) is 9.99. The quantitative estimate of drug-likeness (QED) is 0.841. The van der Waals surface area contributed by atoms with E-state index in [1.54, 1.807) is 24.3 Å². The molecule has 0 aliphatic rings. The van der Waals surface area contributed by atoms with E-state index in [9.17, 15) is 14.7 Å². The van der Waals surface area contributed by atoms with Crippen molar-refractivity contribution in [1.82, 2.24) is 15.1 Å². The van der Waals surface area contributed by atoms with Gasteiger partial charge in [0.05, 0.1) is 17.8 Å². The number of benzene rings is 1. The van der Waals surface area contributed by atoms with Gasteiger partial charge in [-0.05, 0) is 18.1 Å². The molecule has 1 unspecified atom stereocenters. The Morgan fingerprint density at radius 3 is 2.81 bits per heavy atom. The maximum atomic E-state index is 11.9. The zero-order valence-corrected chi connectivity index (χ0v) is 12.1. The molecule has 21 heavy (non-hydrogen) atoms. The zero-order valence-electron chi connectivity index (χ0n) is 12.1. The van der Waals surface area contributed by atoms with Crippen LogP contribution in [0.25, 0.3) is 10.9 Å². The van der Waals surface area contributed by atoms with E-state index in [4.69, 9.17) is 0 Å². The minimum atomic E-state index is -0.576. The minimum Gasteiger partial charge on any atom is -0.391 e. The molecular weight excluding hydrogens is 270 g/mol. The van der Waals surface area contributed by atoms with Crippen LogP contribution in [0.2, 0.25) is 0 Å². The lowest BCUT2D eigenvalue weighted by atomic mass is 10.1. The van der Waals surface area contributed by atoms with Gasteiger partial charge < -0.3 is 10.4 Å². The van der Waals surface area contributed by atoms with Crippen molar-refractivity contribution < 1.29 is 9.90 Å². The van der Waals surface area contributed by atoms with Gasteiger partial charge >= 0.3 is 0 Å². The predicted octanol–water partition coefficient (Wildman–Crippen LogP) is 0.530. The summed E-state index contributed by atoms with van der Waals surface area (Å²) in [4.78, 5) is 23.6. The molecule has 0 bridgehead atoms. The number of fused-ring (bicyclic) bond motifs is 1. The lowest BCUT2D eigenvalue weighted by Crippen LogP contribution is -2.37. The van der Waals surface area contributed by atoms with Crippen molar-refractivity contribution in [2.45, 2.75) is 26.5 Å². The third-order valence-corrected chi connectivity index (χ3v) is 3.33. The van der Waals surface area contributed by atoms with Gasteiger partial charge in [-0.3, -0.25) is 14.3 Å². The van der Waals surface area contributed by atoms with Crippen molar-refractivity contribution in [2.75, 3.05) is 6.54 Å². The van der Waals surface area contributed by atoms with E-state index in [1.165, 1.54) is 10.9 Å². The summed E-state index contributed by atoms with van der Waals surface area (Å²) in [7, 11) is 0. The van der Waals surface area contributed by atoms with Crippen LogP contribution in [-0.4, -0.2) is 33.4 Å². The number of carbonyl (C=O) groups is 1. The second-order valence-corrected chi connectivity index (χ2v) is 5.30. The van der Waals surface area contributed by atoms with Crippen LogP contribution in [-0.2, 0) is 11.3 Å². The molecular formula is C15H19N3O3. The van der Waals surface area contributed by atoms with Crippen molar-refractivity contribution >= 4 is 16.8 Å². The molecule has 0 spiro atoms. The Morgan fingerprint density at radius 1 is 1.38 bits per heavy atom. The number of nitrogens with one attached hydrogen (secondary N) is 1. The molecule has 0 aliphatic heterocycles. The number of carbonyl (C=O) groups excluding carboxylic acids is 1. The molecule has 0 fully saturated rings. The van der Waals surface area contributed by atoms with Gasteiger partial charge in [0.1, 0.15) is 6.54 Å². The Bertz CT molecular complexity index is 694. The maximum Gasteiger partial charge on any atom is 0.241 e. The number of nitrogens with zero attached hydrogens (tertiary/aromatic N) is 2. The first-order valence-electron chi connectivity index (χ1n) is 6.88. The molecule has 1 amide bonds. The largest absolute Gasteiger partial charge is 0.391 e. The molecule has 6 nitrogen and oxygen atoms in total. The highest BCUT2D eigenvalue weighted by atomic mass is 16.3. The van der Waals surface area contributed by atoms with Gasteiger partial charge in [0.15, 0.2) is 0 Å². The number of aromatic nitrogens is 2. The highest BCUT2D eigenvalue weighted by Gasteiger charge is 2.12. The fourth-order valence-corrected chi connectivity index (χ4v) is 1.93. The van der Waals surface area contributed by atoms with Crippen LogP contribution in [0.1, 0.15) is 13.8 Å². The van der Waals surface area contributed by atoms with E-state index < -0.39 is 6.10 Å². The molecule has 2 N–H and O–H groups in total. The molecule has 0 saturated carbocycles. The topological polar surface area (TPSA) is 84.2 Å². The summed E-state index contributed by atoms with van der Waals surface area (Å²) < 4.78 is 1.48. The minimum absolute atomic E-state index is 0.00556. The molecule has 1 atom stereocenters. The fraction of sp³-hybridized carbons (Fsp3) is 0.400. The third-order valence-electron chi connectivity index (χ3n) is 3.33. The SMILES string of the molecule is CC(C)C(O)CNC(=O)Cn1ncc(=O)c2ccccc21. The van der Waals surface area contributed by atoms with Crippen LogP contribution in [0.5, 0.6) is 0 Å². The van der Waals surface area contributed by atoms with E-state index >= 15 is 0 Å². The van der Waals surface area contributed by atoms with Crippen molar-refractivity contribution in [2.24, 2.45) is 5.92 Å². The summed E-state index contributed by atoms with van der Waals surface area (Å²) in [5.41, 5.74) is 0.446. The van der Waals surface area contributed by atoms with Crippen molar-refractivity contribution in [1.29, 1.82) is 0 Å². The second-order valence-electron chi connectivity index (χ2n) is 5.30. The third kappa shape index (κ3) is 3.66. The van der Waals surface area contributed by atoms with Gasteiger partial charge in [-0.15, -0.1) is 0 Å². The van der Waals surface area contributed by atoms with Crippen molar-refractivity contribution in [3.8, 4) is 0 Å². The summed E-state index contributed by atoms with van der Waals surface area (Å²) in [5, 5.41) is 16.9. The average Bonchev–Trinajstić information content (AvgIpc) is 2.48. The number of para-hydroxylation sites is 1. The molecule has 0 saturated heterocycles. The molecule has 2 rings (SSSR count). The van der Waals surface area contributed by atoms with Gasteiger partial charge in [0.25, 0.3) is 0 Å². The van der Waals surface area contributed by atoms with Crippen molar-refractivity contribution in [3.63, 3.8) is 0 Å². The van der Waals surface area contributed by atoms with E-state index in [1.807, 2.05) is 13.8 Å². The van der Waals surface area contributed by atoms with Crippen LogP contribution in [0.15, 0.2) is 35.3 Å². The molecule has 0 radical (unpaired) electrons. The summed E-state index contributed by atoms with van der Waals surface area (Å²) in [6, 6.07) is 7.02. The lowest BCUT2D eigenvalue weighted by Gasteiger charge is -2.15. The summed E-state index contributed by atoms with van der Waals surface area (Å²) >= 11 is 0. The number of aliphatic hydroxyl groups is 1. The smallest absolute Gasteiger partial charge is 0.241 e. The number of hydrogen-bond donors (Lipinski definition) is 2. The number of rotatable bonds is 5. The fourth-order valence-electron chi connectivity index (χ4n) is 1.93. The van der Waals surface area contributed by atoms with Gasteiger partial charge in [-0.25, -0.2) is 0 Å². The van der Waals surface area contributed by atoms with Crippen LogP contribution in [0.4, 0.5) is 0 Å². The highest BCUT2D eigenvalue weighted by Crippen LogP contribution is 2.07. The highest BCUT2D eigenvalue weighted by molar-refractivity contribution is 5.81. The molecule has 2 aromatic rings. The van der Waals surface area contributed by atoms with Crippen LogP contribution >= 0.6 is 0 Å². The van der Waals surface area contributed by atoms with Crippen molar-refractivity contribution in [3.05, 3.63) is 40.7 Å². The monoisotopic (exact) mass is 289 g/mol. The lowest BCUT2D eigenvalue weighted by molar-refractivity contribution is -0.122. The number of amides is 1. The Hall–Kier alpha value is -2.21. The van der Waals surface area contributed by atoms with Gasteiger partial charge in [-0.1, -0.05) is 26.0 Å². The molecule has 1 aromatic carbocycles. The summed E-state index contributed by atoms with van der Waals surface area (Å²) in [6.45, 7) is 3.97. The maximum absolute atomic E-state index is 11.9. The average molecular weight is 289 g/mol. The molecule has 6 heteroatoms. The summed E-state index contributed by atoms with van der Waals surface area (Å²) in [6.07, 6.45) is 0.631. The zero-order chi connectivity index (χ0) is 15.4. The van der Waals surface area contributed by atoms with Crippen LogP contribution in [0, 0.1) is 5.92 Å². The Morgan fingerprint density at radius 2 is 2.10 bits per heavy atom. The molecule has 1 heterocycles. The predicted molar refractivity (Wildman–Crippen MR) is 79.9 cm³/mol. The Labute approximate surface area is 122 Å². The molecule has 0 aliphatic carbocycles. The molecule has 112 valence electrons. The van der Waals surface area contributed by atoms with Gasteiger partial charge in [0, 0.05) is 11.9 Å². The first-order valence-corrected chi connectivity index (χ1v) is 6.88. The summed E-state index contributed by atoms with van der Waals surface area (Å²) in [5.74, 6) is -0.173. The van der Waals surface area contributed by atoms with Crippen LogP contribution in [0.3, 0.4) is 0 Å². The first kappa shape index (κ1) is 15.2. The second kappa shape index (κ2) is 6.49. The Kier molecular flexibility index (Phi) is 4.70. The van der Waals surface area contributed by atoms with Crippen LogP contribution < -0.4 is 10.7 Å². The molecule has 1 aromatic heterocycles. The Balaban J connectivity index is 2.12. The standard InChI is InChI=1S/C15H19N3O3/c1-10(2)13(19)7-16-15(21)9-18-12-6-4-3-5-11(12)14(20)8-17-18/h3-6,8,10,13,19H,7,9H2,1-2H3,(H,16,21). The van der Waals surface area contributed by atoms with Gasteiger partial charge in [0.2, 0.25) is 11.3 Å². The van der Waals surface area contributed by atoms with E-state index in [2.05, 4.69) is 10.4 Å².